The number of amides is 1. The molecule has 0 spiro atoms. The van der Waals surface area contributed by atoms with E-state index in [0.29, 0.717) is 39.0 Å². The van der Waals surface area contributed by atoms with Crippen molar-refractivity contribution >= 4 is 11.9 Å². The number of nitrogens with one attached hydrogen (secondary N) is 1. The number of hydrogen-bond acceptors (Lipinski definition) is 3. The van der Waals surface area contributed by atoms with Crippen molar-refractivity contribution in [3.8, 4) is 0 Å². The summed E-state index contributed by atoms with van der Waals surface area (Å²) in [5.41, 5.74) is 2.79. The third-order valence-electron chi connectivity index (χ3n) is 5.26. The lowest BCUT2D eigenvalue weighted by Gasteiger charge is -2.36. The molecular weight excluding hydrogens is 342 g/mol. The highest BCUT2D eigenvalue weighted by molar-refractivity contribution is 5.88. The summed E-state index contributed by atoms with van der Waals surface area (Å²) in [7, 11) is 0. The monoisotopic (exact) mass is 367 g/mol. The molecule has 5 nitrogen and oxygen atoms in total. The normalized spacial score (nSPS) is 15.9. The SMILES string of the molecule is Cc1ccc(C2(C(=O)NCCc3cccc(C(=O)O)c3)CCOCC2)cc1. The van der Waals surface area contributed by atoms with Gasteiger partial charge in [0.15, 0.2) is 0 Å². The lowest BCUT2D eigenvalue weighted by molar-refractivity contribution is -0.130. The summed E-state index contributed by atoms with van der Waals surface area (Å²) < 4.78 is 5.49. The van der Waals surface area contributed by atoms with Gasteiger partial charge in [-0.05, 0) is 49.4 Å². The molecule has 0 unspecified atom stereocenters. The maximum atomic E-state index is 13.1. The smallest absolute Gasteiger partial charge is 0.335 e. The first kappa shape index (κ1) is 19.1. The molecule has 2 aromatic carbocycles. The second-order valence-electron chi connectivity index (χ2n) is 7.07. The van der Waals surface area contributed by atoms with Gasteiger partial charge in [0.25, 0.3) is 0 Å². The Labute approximate surface area is 159 Å². The Morgan fingerprint density at radius 2 is 1.81 bits per heavy atom. The van der Waals surface area contributed by atoms with E-state index < -0.39 is 11.4 Å². The van der Waals surface area contributed by atoms with Crippen LogP contribution in [0, 0.1) is 6.92 Å². The van der Waals surface area contributed by atoms with Crippen LogP contribution >= 0.6 is 0 Å². The number of aromatic carboxylic acids is 1. The molecule has 0 atom stereocenters. The molecule has 3 rings (SSSR count). The molecule has 0 aliphatic carbocycles. The van der Waals surface area contributed by atoms with E-state index in [2.05, 4.69) is 5.32 Å². The highest BCUT2D eigenvalue weighted by Gasteiger charge is 2.41. The predicted octanol–water partition coefficient (Wildman–Crippen LogP) is 3.10. The van der Waals surface area contributed by atoms with E-state index in [1.165, 1.54) is 5.56 Å². The van der Waals surface area contributed by atoms with Crippen molar-refractivity contribution in [1.82, 2.24) is 5.32 Å². The minimum absolute atomic E-state index is 0.0176. The van der Waals surface area contributed by atoms with Crippen molar-refractivity contribution in [3.05, 3.63) is 70.8 Å². The van der Waals surface area contributed by atoms with Crippen LogP contribution in [-0.4, -0.2) is 36.7 Å². The lowest BCUT2D eigenvalue weighted by Crippen LogP contribution is -2.48. The quantitative estimate of drug-likeness (QED) is 0.823. The van der Waals surface area contributed by atoms with Crippen molar-refractivity contribution in [2.75, 3.05) is 19.8 Å². The zero-order valence-electron chi connectivity index (χ0n) is 15.5. The van der Waals surface area contributed by atoms with Crippen LogP contribution in [0.15, 0.2) is 48.5 Å². The molecule has 1 aliphatic heterocycles. The second kappa shape index (κ2) is 8.35. The van der Waals surface area contributed by atoms with Gasteiger partial charge in [0, 0.05) is 19.8 Å². The van der Waals surface area contributed by atoms with Crippen LogP contribution in [-0.2, 0) is 21.4 Å². The summed E-state index contributed by atoms with van der Waals surface area (Å²) in [5.74, 6) is -0.926. The van der Waals surface area contributed by atoms with Gasteiger partial charge >= 0.3 is 5.97 Å². The number of benzene rings is 2. The van der Waals surface area contributed by atoms with Crippen molar-refractivity contribution < 1.29 is 19.4 Å². The van der Waals surface area contributed by atoms with E-state index in [1.54, 1.807) is 18.2 Å². The fourth-order valence-electron chi connectivity index (χ4n) is 3.59. The number of carbonyl (C=O) groups is 2. The molecule has 1 aliphatic rings. The van der Waals surface area contributed by atoms with Crippen molar-refractivity contribution in [3.63, 3.8) is 0 Å². The largest absolute Gasteiger partial charge is 0.478 e. The Bertz CT molecular complexity index is 807. The van der Waals surface area contributed by atoms with Gasteiger partial charge in [-0.25, -0.2) is 4.79 Å². The van der Waals surface area contributed by atoms with E-state index in [1.807, 2.05) is 37.3 Å². The average Bonchev–Trinajstić information content (AvgIpc) is 2.69. The third-order valence-corrected chi connectivity index (χ3v) is 5.26. The topological polar surface area (TPSA) is 75.6 Å². The summed E-state index contributed by atoms with van der Waals surface area (Å²) in [4.78, 5) is 24.2. The fraction of sp³-hybridized carbons (Fsp3) is 0.364. The Hall–Kier alpha value is -2.66. The van der Waals surface area contributed by atoms with Gasteiger partial charge in [-0.1, -0.05) is 42.0 Å². The van der Waals surface area contributed by atoms with Gasteiger partial charge < -0.3 is 15.2 Å². The summed E-state index contributed by atoms with van der Waals surface area (Å²) in [6.07, 6.45) is 1.92. The predicted molar refractivity (Wildman–Crippen MR) is 103 cm³/mol. The van der Waals surface area contributed by atoms with Gasteiger partial charge in [-0.2, -0.15) is 0 Å². The molecule has 0 bridgehead atoms. The van der Waals surface area contributed by atoms with Crippen LogP contribution < -0.4 is 5.32 Å². The number of carbonyl (C=O) groups excluding carboxylic acids is 1. The molecular formula is C22H25NO4. The molecule has 1 fully saturated rings. The molecule has 5 heteroatoms. The van der Waals surface area contributed by atoms with Crippen molar-refractivity contribution in [2.24, 2.45) is 0 Å². The average molecular weight is 367 g/mol. The van der Waals surface area contributed by atoms with Crippen LogP contribution in [0.25, 0.3) is 0 Å². The van der Waals surface area contributed by atoms with Gasteiger partial charge in [-0.3, -0.25) is 4.79 Å². The van der Waals surface area contributed by atoms with Crippen LogP contribution in [0.1, 0.15) is 39.9 Å². The minimum atomic E-state index is -0.943. The first-order valence-electron chi connectivity index (χ1n) is 9.27. The van der Waals surface area contributed by atoms with Gasteiger partial charge in [0.2, 0.25) is 5.91 Å². The fourth-order valence-corrected chi connectivity index (χ4v) is 3.59. The van der Waals surface area contributed by atoms with E-state index in [0.717, 1.165) is 11.1 Å². The zero-order chi connectivity index (χ0) is 19.3. The molecule has 142 valence electrons. The Kier molecular flexibility index (Phi) is 5.91. The van der Waals surface area contributed by atoms with E-state index in [-0.39, 0.29) is 11.5 Å². The highest BCUT2D eigenvalue weighted by Crippen LogP contribution is 2.35. The Morgan fingerprint density at radius 3 is 2.48 bits per heavy atom. The number of carboxylic acids is 1. The van der Waals surface area contributed by atoms with Crippen LogP contribution in [0.4, 0.5) is 0 Å². The van der Waals surface area contributed by atoms with E-state index in [4.69, 9.17) is 9.84 Å². The number of hydrogen-bond donors (Lipinski definition) is 2. The summed E-state index contributed by atoms with van der Waals surface area (Å²) in [6.45, 7) is 3.64. The first-order chi connectivity index (χ1) is 13.0. The van der Waals surface area contributed by atoms with Crippen LogP contribution in [0.3, 0.4) is 0 Å². The molecule has 2 N–H and O–H groups in total. The molecule has 27 heavy (non-hydrogen) atoms. The van der Waals surface area contributed by atoms with Crippen molar-refractivity contribution in [1.29, 1.82) is 0 Å². The number of carboxylic acid groups (broad SMARTS) is 1. The van der Waals surface area contributed by atoms with Gasteiger partial charge in [0.1, 0.15) is 0 Å². The maximum absolute atomic E-state index is 13.1. The van der Waals surface area contributed by atoms with E-state index in [9.17, 15) is 9.59 Å². The molecule has 1 saturated heterocycles. The third kappa shape index (κ3) is 4.37. The maximum Gasteiger partial charge on any atom is 0.335 e. The Balaban J connectivity index is 1.69. The number of rotatable bonds is 6. The van der Waals surface area contributed by atoms with Crippen LogP contribution in [0.2, 0.25) is 0 Å². The highest BCUT2D eigenvalue weighted by atomic mass is 16.5. The molecule has 0 saturated carbocycles. The van der Waals surface area contributed by atoms with Gasteiger partial charge in [-0.15, -0.1) is 0 Å². The van der Waals surface area contributed by atoms with Crippen LogP contribution in [0.5, 0.6) is 0 Å². The molecule has 0 radical (unpaired) electrons. The standard InChI is InChI=1S/C22H25NO4/c1-16-5-7-19(8-6-16)22(10-13-27-14-11-22)21(26)23-12-9-17-3-2-4-18(15-17)20(24)25/h2-8,15H,9-14H2,1H3,(H,23,26)(H,24,25). The summed E-state index contributed by atoms with van der Waals surface area (Å²) in [5, 5.41) is 12.2. The first-order valence-corrected chi connectivity index (χ1v) is 9.27. The molecule has 2 aromatic rings. The minimum Gasteiger partial charge on any atom is -0.478 e. The number of ether oxygens (including phenoxy) is 1. The van der Waals surface area contributed by atoms with Crippen molar-refractivity contribution in [2.45, 2.75) is 31.6 Å². The lowest BCUT2D eigenvalue weighted by atomic mass is 9.73. The Morgan fingerprint density at radius 1 is 1.11 bits per heavy atom. The second-order valence-corrected chi connectivity index (χ2v) is 7.07. The molecule has 1 amide bonds. The van der Waals surface area contributed by atoms with Gasteiger partial charge in [0.05, 0.1) is 11.0 Å². The van der Waals surface area contributed by atoms with E-state index >= 15 is 0 Å². The molecule has 0 aromatic heterocycles. The number of aryl methyl sites for hydroxylation is 1. The summed E-state index contributed by atoms with van der Waals surface area (Å²) >= 11 is 0. The zero-order valence-corrected chi connectivity index (χ0v) is 15.5. The summed E-state index contributed by atoms with van der Waals surface area (Å²) in [6, 6.07) is 15.0. The molecule has 1 heterocycles.